The Morgan fingerprint density at radius 3 is 2.48 bits per heavy atom. The fraction of sp³-hybridized carbons (Fsp3) is 0.600. The maximum atomic E-state index is 12.7. The van der Waals surface area contributed by atoms with E-state index in [4.69, 9.17) is 4.74 Å². The topological polar surface area (TPSA) is 49.9 Å². The van der Waals surface area contributed by atoms with Crippen LogP contribution in [0.4, 0.5) is 0 Å². The maximum absolute atomic E-state index is 12.7. The molecule has 136 valence electrons. The highest BCUT2D eigenvalue weighted by molar-refractivity contribution is 5.79. The van der Waals surface area contributed by atoms with Crippen LogP contribution in [0.2, 0.25) is 0 Å². The molecule has 2 fully saturated rings. The second-order valence-corrected chi connectivity index (χ2v) is 7.13. The van der Waals surface area contributed by atoms with Crippen molar-refractivity contribution >= 4 is 11.9 Å². The number of likely N-dealkylation sites (tertiary alicyclic amines) is 2. The van der Waals surface area contributed by atoms with Crippen LogP contribution >= 0.6 is 0 Å². The Labute approximate surface area is 149 Å². The predicted molar refractivity (Wildman–Crippen MR) is 96.1 cm³/mol. The van der Waals surface area contributed by atoms with Crippen molar-refractivity contribution in [2.75, 3.05) is 33.3 Å². The Hall–Kier alpha value is -1.88. The Morgan fingerprint density at radius 2 is 1.80 bits per heavy atom. The molecule has 0 radical (unpaired) electrons. The molecular weight excluding hydrogens is 316 g/mol. The van der Waals surface area contributed by atoms with Crippen LogP contribution in [0.5, 0.6) is 0 Å². The number of hydrogen-bond donors (Lipinski definition) is 0. The van der Waals surface area contributed by atoms with Crippen molar-refractivity contribution < 1.29 is 14.3 Å². The van der Waals surface area contributed by atoms with Gasteiger partial charge in [0.25, 0.3) is 0 Å². The van der Waals surface area contributed by atoms with Crippen LogP contribution in [0.15, 0.2) is 30.3 Å². The number of ether oxygens (including phenoxy) is 1. The average Bonchev–Trinajstić information content (AvgIpc) is 3.08. The molecular formula is C20H28N2O3. The first-order chi connectivity index (χ1) is 12.2. The van der Waals surface area contributed by atoms with Crippen molar-refractivity contribution in [2.45, 2.75) is 38.1 Å². The van der Waals surface area contributed by atoms with E-state index in [1.165, 1.54) is 12.7 Å². The van der Waals surface area contributed by atoms with E-state index in [2.05, 4.69) is 29.2 Å². The molecule has 0 bridgehead atoms. The number of piperidine rings is 1. The van der Waals surface area contributed by atoms with E-state index < -0.39 is 0 Å². The summed E-state index contributed by atoms with van der Waals surface area (Å²) >= 11 is 0. The van der Waals surface area contributed by atoms with E-state index in [1.807, 2.05) is 11.0 Å². The van der Waals surface area contributed by atoms with Crippen molar-refractivity contribution in [3.63, 3.8) is 0 Å². The number of amides is 1. The smallest absolute Gasteiger partial charge is 0.308 e. The van der Waals surface area contributed by atoms with Crippen LogP contribution in [0, 0.1) is 5.92 Å². The molecule has 0 aliphatic carbocycles. The summed E-state index contributed by atoms with van der Waals surface area (Å²) in [5.41, 5.74) is 1.34. The first-order valence-electron chi connectivity index (χ1n) is 9.31. The monoisotopic (exact) mass is 344 g/mol. The average molecular weight is 344 g/mol. The third kappa shape index (κ3) is 4.60. The summed E-state index contributed by atoms with van der Waals surface area (Å²) in [4.78, 5) is 28.5. The van der Waals surface area contributed by atoms with Gasteiger partial charge in [-0.15, -0.1) is 0 Å². The van der Waals surface area contributed by atoms with Gasteiger partial charge in [0.1, 0.15) is 0 Å². The Morgan fingerprint density at radius 1 is 1.08 bits per heavy atom. The lowest BCUT2D eigenvalue weighted by Crippen LogP contribution is -2.46. The zero-order chi connectivity index (χ0) is 17.6. The zero-order valence-corrected chi connectivity index (χ0v) is 15.0. The number of rotatable bonds is 5. The van der Waals surface area contributed by atoms with Crippen LogP contribution in [-0.4, -0.2) is 61.0 Å². The molecule has 1 aromatic carbocycles. The number of methoxy groups -OCH3 is 1. The molecule has 2 saturated heterocycles. The molecule has 0 spiro atoms. The zero-order valence-electron chi connectivity index (χ0n) is 15.0. The molecule has 2 aliphatic rings. The lowest BCUT2D eigenvalue weighted by atomic mass is 9.97. The van der Waals surface area contributed by atoms with Gasteiger partial charge in [0.05, 0.1) is 19.6 Å². The molecule has 0 N–H and O–H groups in total. The number of hydrogen-bond acceptors (Lipinski definition) is 4. The van der Waals surface area contributed by atoms with Gasteiger partial charge in [0.15, 0.2) is 0 Å². The predicted octanol–water partition coefficient (Wildman–Crippen LogP) is 2.11. The van der Waals surface area contributed by atoms with Gasteiger partial charge in [-0.1, -0.05) is 30.3 Å². The standard InChI is InChI=1S/C20H28N2O3/c1-25-20(24)17-9-12-21(13-10-17)19(23)15-22-11-5-8-18(22)14-16-6-3-2-4-7-16/h2-4,6-7,17-18H,5,8-15H2,1H3. The maximum Gasteiger partial charge on any atom is 0.308 e. The minimum absolute atomic E-state index is 0.0494. The normalized spacial score (nSPS) is 22.1. The van der Waals surface area contributed by atoms with Crippen molar-refractivity contribution in [1.29, 1.82) is 0 Å². The fourth-order valence-corrected chi connectivity index (χ4v) is 4.03. The number of nitrogens with zero attached hydrogens (tertiary/aromatic N) is 2. The third-order valence-corrected chi connectivity index (χ3v) is 5.53. The molecule has 1 atom stereocenters. The van der Waals surface area contributed by atoms with Gasteiger partial charge < -0.3 is 9.64 Å². The van der Waals surface area contributed by atoms with Crippen molar-refractivity contribution in [3.05, 3.63) is 35.9 Å². The lowest BCUT2D eigenvalue weighted by molar-refractivity contribution is -0.149. The highest BCUT2D eigenvalue weighted by Crippen LogP contribution is 2.23. The Bertz CT molecular complexity index is 582. The Balaban J connectivity index is 1.49. The van der Waals surface area contributed by atoms with Gasteiger partial charge in [0, 0.05) is 19.1 Å². The number of esters is 1. The molecule has 0 saturated carbocycles. The summed E-state index contributed by atoms with van der Waals surface area (Å²) in [6.45, 7) is 2.83. The molecule has 0 aromatic heterocycles. The minimum Gasteiger partial charge on any atom is -0.469 e. The highest BCUT2D eigenvalue weighted by Gasteiger charge is 2.31. The van der Waals surface area contributed by atoms with Gasteiger partial charge in [-0.3, -0.25) is 14.5 Å². The summed E-state index contributed by atoms with van der Waals surface area (Å²) in [6.07, 6.45) is 4.76. The quantitative estimate of drug-likeness (QED) is 0.768. The number of carbonyl (C=O) groups excluding carboxylic acids is 2. The SMILES string of the molecule is COC(=O)C1CCN(C(=O)CN2CCCC2Cc2ccccc2)CC1. The van der Waals surface area contributed by atoms with Crippen LogP contribution < -0.4 is 0 Å². The van der Waals surface area contributed by atoms with Crippen LogP contribution in [0.1, 0.15) is 31.2 Å². The van der Waals surface area contributed by atoms with E-state index in [1.54, 1.807) is 0 Å². The summed E-state index contributed by atoms with van der Waals surface area (Å²) < 4.78 is 4.81. The van der Waals surface area contributed by atoms with Crippen LogP contribution in [0.25, 0.3) is 0 Å². The van der Waals surface area contributed by atoms with Crippen LogP contribution in [-0.2, 0) is 20.7 Å². The summed E-state index contributed by atoms with van der Waals surface area (Å²) in [5.74, 6) is 0.00418. The first-order valence-corrected chi connectivity index (χ1v) is 9.31. The molecule has 5 heteroatoms. The largest absolute Gasteiger partial charge is 0.469 e. The van der Waals surface area contributed by atoms with Gasteiger partial charge in [-0.05, 0) is 44.2 Å². The summed E-state index contributed by atoms with van der Waals surface area (Å²) in [5, 5.41) is 0. The van der Waals surface area contributed by atoms with E-state index in [0.29, 0.717) is 38.5 Å². The summed E-state index contributed by atoms with van der Waals surface area (Å²) in [7, 11) is 1.43. The van der Waals surface area contributed by atoms with Gasteiger partial charge in [-0.2, -0.15) is 0 Å². The second-order valence-electron chi connectivity index (χ2n) is 7.13. The minimum atomic E-state index is -0.144. The molecule has 1 unspecified atom stereocenters. The first kappa shape index (κ1) is 17.9. The molecule has 1 amide bonds. The second kappa shape index (κ2) is 8.48. The van der Waals surface area contributed by atoms with Gasteiger partial charge in [-0.25, -0.2) is 0 Å². The number of carbonyl (C=O) groups is 2. The lowest BCUT2D eigenvalue weighted by Gasteiger charge is -2.33. The van der Waals surface area contributed by atoms with Crippen molar-refractivity contribution in [2.24, 2.45) is 5.92 Å². The van der Waals surface area contributed by atoms with Gasteiger partial charge in [0.2, 0.25) is 5.91 Å². The van der Waals surface area contributed by atoms with E-state index in [9.17, 15) is 9.59 Å². The molecule has 5 nitrogen and oxygen atoms in total. The summed E-state index contributed by atoms with van der Waals surface area (Å²) in [6, 6.07) is 11.0. The van der Waals surface area contributed by atoms with E-state index >= 15 is 0 Å². The highest BCUT2D eigenvalue weighted by atomic mass is 16.5. The third-order valence-electron chi connectivity index (χ3n) is 5.53. The van der Waals surface area contributed by atoms with Crippen molar-refractivity contribution in [3.8, 4) is 0 Å². The van der Waals surface area contributed by atoms with E-state index in [-0.39, 0.29) is 17.8 Å². The molecule has 2 aliphatic heterocycles. The van der Waals surface area contributed by atoms with Crippen molar-refractivity contribution in [1.82, 2.24) is 9.80 Å². The van der Waals surface area contributed by atoms with Crippen LogP contribution in [0.3, 0.4) is 0 Å². The molecule has 3 rings (SSSR count). The molecule has 1 aromatic rings. The van der Waals surface area contributed by atoms with E-state index in [0.717, 1.165) is 25.8 Å². The van der Waals surface area contributed by atoms with Gasteiger partial charge >= 0.3 is 5.97 Å². The Kier molecular flexibility index (Phi) is 6.08. The molecule has 2 heterocycles. The molecule has 25 heavy (non-hydrogen) atoms. The number of benzene rings is 1. The fourth-order valence-electron chi connectivity index (χ4n) is 4.03.